The zero-order chi connectivity index (χ0) is 19.2. The Labute approximate surface area is 163 Å². The molecule has 0 saturated heterocycles. The van der Waals surface area contributed by atoms with Crippen LogP contribution in [0.2, 0.25) is 0 Å². The van der Waals surface area contributed by atoms with Crippen LogP contribution < -0.4 is 5.32 Å². The molecule has 0 saturated carbocycles. The van der Waals surface area contributed by atoms with Crippen LogP contribution in [-0.4, -0.2) is 17.4 Å². The molecule has 1 atom stereocenters. The van der Waals surface area contributed by atoms with Crippen molar-refractivity contribution in [1.29, 1.82) is 0 Å². The number of hydrogen-bond acceptors (Lipinski definition) is 3. The summed E-state index contributed by atoms with van der Waals surface area (Å²) in [6, 6.07) is 16.1. The van der Waals surface area contributed by atoms with E-state index in [-0.39, 0.29) is 17.6 Å². The van der Waals surface area contributed by atoms with E-state index < -0.39 is 0 Å². The average Bonchev–Trinajstić information content (AvgIpc) is 2.99. The molecule has 1 heterocycles. The van der Waals surface area contributed by atoms with Crippen LogP contribution in [0.4, 0.5) is 4.39 Å². The molecule has 0 spiro atoms. The molecule has 3 nitrogen and oxygen atoms in total. The molecule has 1 N–H and O–H groups in total. The van der Waals surface area contributed by atoms with Crippen molar-refractivity contribution in [3.63, 3.8) is 0 Å². The molecule has 0 bridgehead atoms. The topological polar surface area (TPSA) is 42.0 Å². The number of aromatic nitrogens is 1. The largest absolute Gasteiger partial charge is 0.355 e. The molecular formula is C22H23FN2OS. The van der Waals surface area contributed by atoms with Gasteiger partial charge in [-0.05, 0) is 43.5 Å². The molecule has 0 aliphatic carbocycles. The maximum absolute atomic E-state index is 13.2. The van der Waals surface area contributed by atoms with Crippen molar-refractivity contribution in [2.24, 2.45) is 0 Å². The highest BCUT2D eigenvalue weighted by Gasteiger charge is 2.21. The van der Waals surface area contributed by atoms with Crippen LogP contribution in [0.15, 0.2) is 54.6 Å². The van der Waals surface area contributed by atoms with Crippen LogP contribution in [0.5, 0.6) is 0 Å². The fourth-order valence-corrected chi connectivity index (χ4v) is 3.90. The Kier molecular flexibility index (Phi) is 6.35. The quantitative estimate of drug-likeness (QED) is 0.650. The van der Waals surface area contributed by atoms with Gasteiger partial charge >= 0.3 is 0 Å². The summed E-state index contributed by atoms with van der Waals surface area (Å²) in [5.41, 5.74) is 2.95. The maximum atomic E-state index is 13.2. The van der Waals surface area contributed by atoms with E-state index in [1.54, 1.807) is 23.5 Å². The summed E-state index contributed by atoms with van der Waals surface area (Å²) in [7, 11) is 0. The number of thiazole rings is 1. The average molecular weight is 383 g/mol. The molecule has 1 unspecified atom stereocenters. The van der Waals surface area contributed by atoms with Crippen molar-refractivity contribution in [2.45, 2.75) is 32.6 Å². The smallest absolute Gasteiger partial charge is 0.227 e. The first-order chi connectivity index (χ1) is 13.0. The van der Waals surface area contributed by atoms with Gasteiger partial charge in [-0.3, -0.25) is 4.79 Å². The minimum Gasteiger partial charge on any atom is -0.355 e. The van der Waals surface area contributed by atoms with Gasteiger partial charge in [-0.15, -0.1) is 11.3 Å². The number of carbonyl (C=O) groups excluding carboxylic acids is 1. The van der Waals surface area contributed by atoms with Gasteiger partial charge in [0.05, 0.1) is 16.6 Å². The molecule has 0 aliphatic rings. The molecule has 0 fully saturated rings. The number of carbonyl (C=O) groups is 1. The monoisotopic (exact) mass is 382 g/mol. The Morgan fingerprint density at radius 1 is 1.11 bits per heavy atom. The number of halogens is 1. The highest BCUT2D eigenvalue weighted by molar-refractivity contribution is 7.11. The Balaban J connectivity index is 1.67. The first-order valence-corrected chi connectivity index (χ1v) is 9.84. The van der Waals surface area contributed by atoms with E-state index in [0.29, 0.717) is 13.0 Å². The van der Waals surface area contributed by atoms with E-state index in [1.165, 1.54) is 17.0 Å². The zero-order valence-electron chi connectivity index (χ0n) is 15.5. The molecular weight excluding hydrogens is 359 g/mol. The minimum absolute atomic E-state index is 0.0180. The minimum atomic E-state index is -0.309. The normalized spacial score (nSPS) is 12.0. The number of hydrogen-bond donors (Lipinski definition) is 1. The van der Waals surface area contributed by atoms with Crippen LogP contribution in [0.1, 0.15) is 32.6 Å². The maximum Gasteiger partial charge on any atom is 0.227 e. The molecule has 3 aromatic rings. The van der Waals surface area contributed by atoms with Crippen molar-refractivity contribution in [1.82, 2.24) is 10.3 Å². The number of nitrogens with one attached hydrogen (secondary N) is 1. The SMILES string of the molecule is Cc1nc(CCNC(=O)C(Cc2ccc(F)cc2)c2ccccc2)sc1C. The van der Waals surface area contributed by atoms with E-state index in [2.05, 4.69) is 17.2 Å². The van der Waals surface area contributed by atoms with Gasteiger partial charge in [0.25, 0.3) is 0 Å². The standard InChI is InChI=1S/C22H23FN2OS/c1-15-16(2)27-21(25-15)12-13-24-22(26)20(18-6-4-3-5-7-18)14-17-8-10-19(23)11-9-17/h3-11,20H,12-14H2,1-2H3,(H,24,26). The molecule has 0 aliphatic heterocycles. The molecule has 0 radical (unpaired) electrons. The van der Waals surface area contributed by atoms with Crippen molar-refractivity contribution >= 4 is 17.2 Å². The van der Waals surface area contributed by atoms with E-state index in [4.69, 9.17) is 0 Å². The van der Waals surface area contributed by atoms with Crippen molar-refractivity contribution < 1.29 is 9.18 Å². The van der Waals surface area contributed by atoms with E-state index in [0.717, 1.165) is 28.2 Å². The predicted octanol–water partition coefficient (Wildman–Crippen LogP) is 4.58. The molecule has 3 rings (SSSR count). The summed E-state index contributed by atoms with van der Waals surface area (Å²) in [6.45, 7) is 4.61. The summed E-state index contributed by atoms with van der Waals surface area (Å²) in [4.78, 5) is 18.6. The van der Waals surface area contributed by atoms with Crippen molar-refractivity contribution in [3.8, 4) is 0 Å². The van der Waals surface area contributed by atoms with Crippen LogP contribution in [0.25, 0.3) is 0 Å². The van der Waals surface area contributed by atoms with Gasteiger partial charge in [0.2, 0.25) is 5.91 Å². The number of benzene rings is 2. The molecule has 1 aromatic heterocycles. The second kappa shape index (κ2) is 8.91. The Morgan fingerprint density at radius 2 is 1.81 bits per heavy atom. The van der Waals surface area contributed by atoms with Crippen molar-refractivity contribution in [2.75, 3.05) is 6.54 Å². The fraction of sp³-hybridized carbons (Fsp3) is 0.273. The Bertz CT molecular complexity index is 871. The number of nitrogens with zero attached hydrogens (tertiary/aromatic N) is 1. The molecule has 2 aromatic carbocycles. The lowest BCUT2D eigenvalue weighted by molar-refractivity contribution is -0.122. The zero-order valence-corrected chi connectivity index (χ0v) is 16.4. The third-order valence-corrected chi connectivity index (χ3v) is 5.72. The van der Waals surface area contributed by atoms with Gasteiger partial charge in [-0.1, -0.05) is 42.5 Å². The number of aryl methyl sites for hydroxylation is 2. The van der Waals surface area contributed by atoms with Gasteiger partial charge in [0, 0.05) is 17.8 Å². The lowest BCUT2D eigenvalue weighted by atomic mass is 9.91. The van der Waals surface area contributed by atoms with Gasteiger partial charge in [0.1, 0.15) is 5.82 Å². The van der Waals surface area contributed by atoms with E-state index in [1.807, 2.05) is 37.3 Å². The highest BCUT2D eigenvalue weighted by atomic mass is 32.1. The Hall–Kier alpha value is -2.53. The van der Waals surface area contributed by atoms with Crippen LogP contribution in [0.3, 0.4) is 0 Å². The number of amides is 1. The van der Waals surface area contributed by atoms with E-state index >= 15 is 0 Å². The summed E-state index contributed by atoms with van der Waals surface area (Å²) in [5, 5.41) is 4.09. The van der Waals surface area contributed by atoms with Crippen LogP contribution >= 0.6 is 11.3 Å². The lowest BCUT2D eigenvalue weighted by Gasteiger charge is -2.17. The highest BCUT2D eigenvalue weighted by Crippen LogP contribution is 2.22. The second-order valence-corrected chi connectivity index (χ2v) is 7.87. The third kappa shape index (κ3) is 5.23. The lowest BCUT2D eigenvalue weighted by Crippen LogP contribution is -2.32. The first-order valence-electron chi connectivity index (χ1n) is 9.03. The number of rotatable bonds is 7. The summed E-state index contributed by atoms with van der Waals surface area (Å²) in [6.07, 6.45) is 1.26. The molecule has 1 amide bonds. The third-order valence-electron chi connectivity index (χ3n) is 4.58. The Morgan fingerprint density at radius 3 is 2.44 bits per heavy atom. The van der Waals surface area contributed by atoms with Gasteiger partial charge in [-0.25, -0.2) is 9.37 Å². The van der Waals surface area contributed by atoms with Crippen molar-refractivity contribution in [3.05, 3.63) is 87.1 Å². The van der Waals surface area contributed by atoms with Crippen LogP contribution in [0, 0.1) is 19.7 Å². The van der Waals surface area contributed by atoms with E-state index in [9.17, 15) is 9.18 Å². The molecule has 5 heteroatoms. The fourth-order valence-electron chi connectivity index (χ4n) is 2.97. The summed E-state index contributed by atoms with van der Waals surface area (Å²) < 4.78 is 13.2. The van der Waals surface area contributed by atoms with Gasteiger partial charge in [-0.2, -0.15) is 0 Å². The second-order valence-electron chi connectivity index (χ2n) is 6.58. The summed E-state index contributed by atoms with van der Waals surface area (Å²) in [5.74, 6) is -0.597. The van der Waals surface area contributed by atoms with Gasteiger partial charge < -0.3 is 5.32 Å². The summed E-state index contributed by atoms with van der Waals surface area (Å²) >= 11 is 1.68. The van der Waals surface area contributed by atoms with Gasteiger partial charge in [0.15, 0.2) is 0 Å². The van der Waals surface area contributed by atoms with Crippen LogP contribution in [-0.2, 0) is 17.6 Å². The first kappa shape index (κ1) is 19.2. The molecule has 140 valence electrons. The predicted molar refractivity (Wildman–Crippen MR) is 108 cm³/mol. The molecule has 27 heavy (non-hydrogen) atoms.